The molecule has 7 heteroatoms. The summed E-state index contributed by atoms with van der Waals surface area (Å²) in [4.78, 5) is 8.70. The second kappa shape index (κ2) is 3.77. The number of H-pyrrole nitrogens is 2. The number of aromatic nitrogens is 7. The first kappa shape index (κ1) is 10.0. The molecule has 2 N–H and O–H groups in total. The number of nitrogens with one attached hydrogen (secondary N) is 2. The van der Waals surface area contributed by atoms with E-state index in [1.807, 2.05) is 16.7 Å². The Bertz CT molecular complexity index is 811. The Kier molecular flexibility index (Phi) is 1.99. The van der Waals surface area contributed by atoms with Gasteiger partial charge >= 0.3 is 0 Å². The van der Waals surface area contributed by atoms with Gasteiger partial charge in [0.05, 0.1) is 35.7 Å². The summed E-state index contributed by atoms with van der Waals surface area (Å²) in [6.45, 7) is 0. The highest BCUT2D eigenvalue weighted by molar-refractivity contribution is 5.63. The number of hydrogen-bond donors (Lipinski definition) is 2. The molecule has 0 unspecified atom stereocenters. The van der Waals surface area contributed by atoms with Gasteiger partial charge in [0.2, 0.25) is 0 Å². The lowest BCUT2D eigenvalue weighted by molar-refractivity contribution is 1.07. The fourth-order valence-corrected chi connectivity index (χ4v) is 2.03. The molecule has 0 amide bonds. The summed E-state index contributed by atoms with van der Waals surface area (Å²) in [5.74, 6) is 0. The molecule has 0 saturated heterocycles. The Balaban J connectivity index is 1.95. The summed E-state index contributed by atoms with van der Waals surface area (Å²) in [6.07, 6.45) is 10.7. The Morgan fingerprint density at radius 2 is 2.05 bits per heavy atom. The van der Waals surface area contributed by atoms with E-state index in [1.165, 1.54) is 0 Å². The van der Waals surface area contributed by atoms with Gasteiger partial charge in [0.1, 0.15) is 0 Å². The van der Waals surface area contributed by atoms with Crippen LogP contribution in [0.15, 0.2) is 43.2 Å². The number of nitrogens with zero attached hydrogens (tertiary/aromatic N) is 5. The van der Waals surface area contributed by atoms with Crippen LogP contribution in [-0.4, -0.2) is 34.8 Å². The summed E-state index contributed by atoms with van der Waals surface area (Å²) in [6, 6.07) is 1.90. The molecule has 0 saturated carbocycles. The number of aromatic amines is 2. The molecule has 0 atom stereocenters. The molecule has 0 fully saturated rings. The molecular formula is C12H9N7. The van der Waals surface area contributed by atoms with Crippen LogP contribution in [0, 0.1) is 0 Å². The van der Waals surface area contributed by atoms with Gasteiger partial charge < -0.3 is 0 Å². The van der Waals surface area contributed by atoms with Crippen LogP contribution < -0.4 is 0 Å². The summed E-state index contributed by atoms with van der Waals surface area (Å²) < 4.78 is 1.98. The molecule has 92 valence electrons. The molecule has 0 aliphatic carbocycles. The monoisotopic (exact) mass is 251 g/mol. The van der Waals surface area contributed by atoms with Gasteiger partial charge in [-0.05, 0) is 6.07 Å². The van der Waals surface area contributed by atoms with Crippen molar-refractivity contribution in [2.45, 2.75) is 0 Å². The van der Waals surface area contributed by atoms with Gasteiger partial charge in [-0.2, -0.15) is 10.2 Å². The molecule has 0 aliphatic rings. The molecule has 4 heterocycles. The van der Waals surface area contributed by atoms with E-state index in [0.717, 1.165) is 28.3 Å². The van der Waals surface area contributed by atoms with Crippen LogP contribution in [0.5, 0.6) is 0 Å². The van der Waals surface area contributed by atoms with Gasteiger partial charge in [0.25, 0.3) is 0 Å². The van der Waals surface area contributed by atoms with Crippen molar-refractivity contribution >= 4 is 5.65 Å². The van der Waals surface area contributed by atoms with Gasteiger partial charge in [0.15, 0.2) is 5.65 Å². The third-order valence-corrected chi connectivity index (χ3v) is 2.97. The summed E-state index contributed by atoms with van der Waals surface area (Å²) in [5.41, 5.74) is 4.42. The third-order valence-electron chi connectivity index (χ3n) is 2.97. The van der Waals surface area contributed by atoms with E-state index in [2.05, 4.69) is 30.4 Å². The molecule has 0 aliphatic heterocycles. The fraction of sp³-hybridized carbons (Fsp3) is 0. The molecule has 7 nitrogen and oxygen atoms in total. The van der Waals surface area contributed by atoms with Crippen molar-refractivity contribution in [3.63, 3.8) is 0 Å². The van der Waals surface area contributed by atoms with E-state index >= 15 is 0 Å². The van der Waals surface area contributed by atoms with E-state index in [0.29, 0.717) is 0 Å². The minimum absolute atomic E-state index is 0.789. The zero-order chi connectivity index (χ0) is 12.7. The zero-order valence-electron chi connectivity index (χ0n) is 9.78. The molecular weight excluding hydrogens is 242 g/mol. The first-order valence-corrected chi connectivity index (χ1v) is 5.74. The van der Waals surface area contributed by atoms with E-state index in [-0.39, 0.29) is 0 Å². The molecule has 4 rings (SSSR count). The minimum atomic E-state index is 0.789. The van der Waals surface area contributed by atoms with Crippen LogP contribution in [-0.2, 0) is 0 Å². The molecule has 0 aromatic carbocycles. The maximum atomic E-state index is 4.37. The molecule has 4 aromatic rings. The van der Waals surface area contributed by atoms with Crippen molar-refractivity contribution in [1.29, 1.82) is 0 Å². The Morgan fingerprint density at radius 3 is 2.84 bits per heavy atom. The Labute approximate surface area is 107 Å². The van der Waals surface area contributed by atoms with Gasteiger partial charge in [0, 0.05) is 24.2 Å². The van der Waals surface area contributed by atoms with Crippen LogP contribution in [0.3, 0.4) is 0 Å². The van der Waals surface area contributed by atoms with Crippen molar-refractivity contribution in [1.82, 2.24) is 34.8 Å². The topological polar surface area (TPSA) is 87.5 Å². The predicted molar refractivity (Wildman–Crippen MR) is 68.2 cm³/mol. The molecule has 4 aromatic heterocycles. The first-order chi connectivity index (χ1) is 9.42. The highest BCUT2D eigenvalue weighted by Gasteiger charge is 2.09. The normalized spacial score (nSPS) is 11.2. The van der Waals surface area contributed by atoms with Gasteiger partial charge in [-0.3, -0.25) is 19.6 Å². The average Bonchev–Trinajstić information content (AvgIpc) is 3.18. The fourth-order valence-electron chi connectivity index (χ4n) is 2.03. The second-order valence-corrected chi connectivity index (χ2v) is 4.10. The lowest BCUT2D eigenvalue weighted by Gasteiger charge is -2.01. The van der Waals surface area contributed by atoms with Crippen LogP contribution >= 0.6 is 0 Å². The summed E-state index contributed by atoms with van der Waals surface area (Å²) in [7, 11) is 0. The van der Waals surface area contributed by atoms with E-state index in [4.69, 9.17) is 0 Å². The number of hydrogen-bond acceptors (Lipinski definition) is 4. The Morgan fingerprint density at radius 1 is 1.05 bits per heavy atom. The SMILES string of the molecule is c1cc(-c2cnc3cnc(-c4cn[nH]c4)cn23)[nH]n1. The van der Waals surface area contributed by atoms with Crippen molar-refractivity contribution in [3.8, 4) is 22.6 Å². The summed E-state index contributed by atoms with van der Waals surface area (Å²) in [5, 5.41) is 13.6. The van der Waals surface area contributed by atoms with Crippen LogP contribution in [0.25, 0.3) is 28.3 Å². The smallest absolute Gasteiger partial charge is 0.155 e. The summed E-state index contributed by atoms with van der Waals surface area (Å²) >= 11 is 0. The van der Waals surface area contributed by atoms with Crippen LogP contribution in [0.1, 0.15) is 0 Å². The van der Waals surface area contributed by atoms with E-state index in [1.54, 1.807) is 31.0 Å². The maximum Gasteiger partial charge on any atom is 0.155 e. The third kappa shape index (κ3) is 1.52. The standard InChI is InChI=1S/C12H9N7/c1-2-15-18-9(1)11-5-14-12-6-13-10(7-19(11)12)8-3-16-17-4-8/h1-7H,(H,15,18)(H,16,17). The largest absolute Gasteiger partial charge is 0.295 e. The predicted octanol–water partition coefficient (Wildman–Crippen LogP) is 1.51. The lowest BCUT2D eigenvalue weighted by Crippen LogP contribution is -1.92. The highest BCUT2D eigenvalue weighted by atomic mass is 15.1. The van der Waals surface area contributed by atoms with Crippen molar-refractivity contribution in [3.05, 3.63) is 43.2 Å². The van der Waals surface area contributed by atoms with Crippen molar-refractivity contribution in [2.24, 2.45) is 0 Å². The molecule has 0 bridgehead atoms. The minimum Gasteiger partial charge on any atom is -0.295 e. The average molecular weight is 251 g/mol. The Hall–Kier alpha value is -2.96. The van der Waals surface area contributed by atoms with E-state index < -0.39 is 0 Å². The van der Waals surface area contributed by atoms with Crippen molar-refractivity contribution < 1.29 is 0 Å². The molecule has 0 spiro atoms. The van der Waals surface area contributed by atoms with Crippen molar-refractivity contribution in [2.75, 3.05) is 0 Å². The van der Waals surface area contributed by atoms with Gasteiger partial charge in [-0.25, -0.2) is 4.98 Å². The molecule has 19 heavy (non-hydrogen) atoms. The second-order valence-electron chi connectivity index (χ2n) is 4.10. The van der Waals surface area contributed by atoms with Crippen LogP contribution in [0.2, 0.25) is 0 Å². The number of imidazole rings is 1. The maximum absolute atomic E-state index is 4.37. The number of fused-ring (bicyclic) bond motifs is 1. The van der Waals surface area contributed by atoms with Crippen LogP contribution in [0.4, 0.5) is 0 Å². The molecule has 0 radical (unpaired) electrons. The quantitative estimate of drug-likeness (QED) is 0.565. The number of rotatable bonds is 2. The highest BCUT2D eigenvalue weighted by Crippen LogP contribution is 2.21. The van der Waals surface area contributed by atoms with E-state index in [9.17, 15) is 0 Å². The van der Waals surface area contributed by atoms with Gasteiger partial charge in [-0.1, -0.05) is 0 Å². The van der Waals surface area contributed by atoms with Gasteiger partial charge in [-0.15, -0.1) is 0 Å². The lowest BCUT2D eigenvalue weighted by atomic mass is 10.2. The first-order valence-electron chi connectivity index (χ1n) is 5.74. The zero-order valence-corrected chi connectivity index (χ0v) is 9.78.